The van der Waals surface area contributed by atoms with Gasteiger partial charge in [-0.05, 0) is 77.8 Å². The molecule has 1 heterocycles. The Morgan fingerprint density at radius 2 is 1.71 bits per heavy atom. The number of nitrogens with one attached hydrogen (secondary N) is 1. The molecule has 4 aliphatic rings. The standard InChI is InChI=1S/C45H61NO16/c1-13-31(49)59-34-32-23(4)28(58-39(53)33(50)27(17-22(2)3)46-40(54)62-41(6,7)8)20-45(55,42(32,9)10)37(60-38(52)25-15-14-16-26(18-25)56-12)35-43(11,36(34)51)29(48)19-30-44(35,21-57-30)61-24(5)47/h14-18,27-30,33-35,37,48,50,55H,13,19-21H2,1-12H3,(H,46,54)/t27-,28-,29-,30+,33+,34+,35-,37-,43+,44-,45+/m0/s1. The number of aliphatic hydroxyl groups excluding tert-OH is 2. The summed E-state index contributed by atoms with van der Waals surface area (Å²) in [5.74, 6) is -6.02. The summed E-state index contributed by atoms with van der Waals surface area (Å²) in [6.07, 6.45) is -10.4. The minimum atomic E-state index is -2.42. The summed E-state index contributed by atoms with van der Waals surface area (Å²) in [5.41, 5.74) is -8.16. The van der Waals surface area contributed by atoms with Gasteiger partial charge < -0.3 is 53.8 Å². The lowest BCUT2D eigenvalue weighted by Gasteiger charge is -2.67. The molecule has 2 bridgehead atoms. The quantitative estimate of drug-likeness (QED) is 0.140. The number of amides is 1. The Morgan fingerprint density at radius 1 is 1.05 bits per heavy atom. The first-order valence-electron chi connectivity index (χ1n) is 20.7. The number of carbonyl (C=O) groups excluding carboxylic acids is 6. The minimum absolute atomic E-state index is 0.0131. The van der Waals surface area contributed by atoms with Gasteiger partial charge in [0, 0.05) is 31.6 Å². The average molecular weight is 872 g/mol. The number of rotatable bonds is 11. The van der Waals surface area contributed by atoms with Gasteiger partial charge in [-0.3, -0.25) is 14.4 Å². The first-order valence-corrected chi connectivity index (χ1v) is 20.7. The highest BCUT2D eigenvalue weighted by molar-refractivity contribution is 5.96. The summed E-state index contributed by atoms with van der Waals surface area (Å²) in [4.78, 5) is 83.3. The third-order valence-electron chi connectivity index (χ3n) is 12.8. The van der Waals surface area contributed by atoms with Crippen molar-refractivity contribution in [1.82, 2.24) is 5.32 Å². The Labute approximate surface area is 361 Å². The molecule has 0 spiro atoms. The van der Waals surface area contributed by atoms with Crippen molar-refractivity contribution in [1.29, 1.82) is 0 Å². The number of esters is 4. The van der Waals surface area contributed by atoms with Crippen LogP contribution < -0.4 is 10.1 Å². The molecule has 1 amide bonds. The zero-order chi connectivity index (χ0) is 46.5. The largest absolute Gasteiger partial charge is 0.497 e. The van der Waals surface area contributed by atoms with Crippen molar-refractivity contribution in [3.63, 3.8) is 0 Å². The Bertz CT molecular complexity index is 2030. The Morgan fingerprint density at radius 3 is 2.26 bits per heavy atom. The normalized spacial score (nSPS) is 32.1. The van der Waals surface area contributed by atoms with Gasteiger partial charge in [0.2, 0.25) is 0 Å². The maximum atomic E-state index is 15.6. The van der Waals surface area contributed by atoms with Crippen molar-refractivity contribution in [2.75, 3.05) is 13.7 Å². The molecule has 11 atom stereocenters. The van der Waals surface area contributed by atoms with E-state index in [9.17, 15) is 39.3 Å². The van der Waals surface area contributed by atoms with Crippen LogP contribution in [0.25, 0.3) is 0 Å². The van der Waals surface area contributed by atoms with Crippen molar-refractivity contribution in [3.8, 4) is 5.75 Å². The van der Waals surface area contributed by atoms with E-state index < -0.39 is 118 Å². The average Bonchev–Trinajstić information content (AvgIpc) is 3.17. The lowest BCUT2D eigenvalue weighted by molar-refractivity contribution is -0.346. The number of Topliss-reactive ketones (excluding diaryl/α,β-unsaturated/α-hetero) is 1. The number of alkyl carbamates (subject to hydrolysis) is 1. The smallest absolute Gasteiger partial charge is 0.408 e. The molecule has 5 rings (SSSR count). The van der Waals surface area contributed by atoms with Crippen LogP contribution in [0.3, 0.4) is 0 Å². The zero-order valence-electron chi connectivity index (χ0n) is 37.5. The number of benzene rings is 1. The van der Waals surface area contributed by atoms with E-state index >= 15 is 4.79 Å². The molecule has 2 saturated carbocycles. The van der Waals surface area contributed by atoms with Crippen LogP contribution in [-0.4, -0.2) is 124 Å². The zero-order valence-corrected chi connectivity index (χ0v) is 37.5. The second kappa shape index (κ2) is 17.4. The summed E-state index contributed by atoms with van der Waals surface area (Å²) >= 11 is 0. The second-order valence-corrected chi connectivity index (χ2v) is 18.6. The highest BCUT2D eigenvalue weighted by Crippen LogP contribution is 2.64. The maximum Gasteiger partial charge on any atom is 0.408 e. The van der Waals surface area contributed by atoms with Crippen LogP contribution >= 0.6 is 0 Å². The fourth-order valence-electron chi connectivity index (χ4n) is 9.61. The summed E-state index contributed by atoms with van der Waals surface area (Å²) in [6.45, 7) is 16.6. The molecular weight excluding hydrogens is 810 g/mol. The van der Waals surface area contributed by atoms with E-state index in [4.69, 9.17) is 33.2 Å². The number of allylic oxidation sites excluding steroid dienone is 1. The van der Waals surface area contributed by atoms with E-state index in [1.807, 2.05) is 0 Å². The van der Waals surface area contributed by atoms with Crippen molar-refractivity contribution >= 4 is 35.8 Å². The topological polar surface area (TPSA) is 240 Å². The van der Waals surface area contributed by atoms with Gasteiger partial charge in [0.05, 0.1) is 42.8 Å². The molecule has 0 radical (unpaired) electrons. The van der Waals surface area contributed by atoms with E-state index in [0.717, 1.165) is 6.92 Å². The number of carbonyl (C=O) groups is 6. The number of aliphatic hydroxyl groups is 3. The number of ether oxygens (including phenoxy) is 7. The van der Waals surface area contributed by atoms with Gasteiger partial charge in [0.25, 0.3) is 0 Å². The first kappa shape index (κ1) is 48.2. The first-order chi connectivity index (χ1) is 28.7. The number of hydrogen-bond donors (Lipinski definition) is 4. The molecule has 17 nitrogen and oxygen atoms in total. The van der Waals surface area contributed by atoms with Crippen LogP contribution in [0.2, 0.25) is 0 Å². The molecule has 3 fully saturated rings. The van der Waals surface area contributed by atoms with E-state index in [1.165, 1.54) is 46.1 Å². The molecule has 17 heteroatoms. The van der Waals surface area contributed by atoms with Gasteiger partial charge in [-0.1, -0.05) is 38.5 Å². The van der Waals surface area contributed by atoms with Gasteiger partial charge in [-0.25, -0.2) is 14.4 Å². The van der Waals surface area contributed by atoms with Crippen LogP contribution in [-0.2, 0) is 47.6 Å². The summed E-state index contributed by atoms with van der Waals surface area (Å²) < 4.78 is 41.1. The maximum absolute atomic E-state index is 15.6. The molecular formula is C45H61NO16. The number of hydrogen-bond acceptors (Lipinski definition) is 16. The van der Waals surface area contributed by atoms with Crippen LogP contribution in [0.5, 0.6) is 5.75 Å². The van der Waals surface area contributed by atoms with E-state index in [-0.39, 0.29) is 36.2 Å². The van der Waals surface area contributed by atoms with Gasteiger partial charge in [-0.2, -0.15) is 0 Å². The fourth-order valence-corrected chi connectivity index (χ4v) is 9.61. The highest BCUT2D eigenvalue weighted by Gasteiger charge is 2.78. The predicted octanol–water partition coefficient (Wildman–Crippen LogP) is 3.82. The second-order valence-electron chi connectivity index (χ2n) is 18.6. The third kappa shape index (κ3) is 8.60. The van der Waals surface area contributed by atoms with Gasteiger partial charge in [0.15, 0.2) is 23.6 Å². The SMILES string of the molecule is CCC(=O)O[C@H]1C(=O)[C@@]2(C)[C@H]([C@H](OC(=O)c3cccc(OC)c3)[C@]3(O)C[C@H](OC(=O)[C@H](O)[C@H](C=C(C)C)NC(=O)OC(C)(C)C)C(C)=C1C3(C)C)[C@]1(OC(C)=O)CO[C@@H]1C[C@@H]2O. The molecule has 3 aliphatic carbocycles. The molecule has 1 saturated heterocycles. The van der Waals surface area contributed by atoms with Gasteiger partial charge in [-0.15, -0.1) is 0 Å². The molecule has 1 aliphatic heterocycles. The van der Waals surface area contributed by atoms with Crippen LogP contribution in [0.4, 0.5) is 4.79 Å². The highest BCUT2D eigenvalue weighted by atomic mass is 16.6. The lowest BCUT2D eigenvalue weighted by atomic mass is 9.44. The van der Waals surface area contributed by atoms with E-state index in [2.05, 4.69) is 5.32 Å². The van der Waals surface area contributed by atoms with E-state index in [1.54, 1.807) is 60.6 Å². The fraction of sp³-hybridized carbons (Fsp3) is 0.644. The van der Waals surface area contributed by atoms with Gasteiger partial charge >= 0.3 is 30.0 Å². The van der Waals surface area contributed by atoms with Crippen LogP contribution in [0.1, 0.15) is 106 Å². The Hall–Kier alpha value is -4.84. The Balaban J connectivity index is 1.76. The van der Waals surface area contributed by atoms with Crippen molar-refractivity contribution in [3.05, 3.63) is 52.6 Å². The molecule has 0 unspecified atom stereocenters. The van der Waals surface area contributed by atoms with Gasteiger partial charge in [0.1, 0.15) is 35.3 Å². The molecule has 342 valence electrons. The molecule has 62 heavy (non-hydrogen) atoms. The Kier molecular flexibility index (Phi) is 13.5. The van der Waals surface area contributed by atoms with Crippen molar-refractivity contribution < 1.29 is 77.2 Å². The molecule has 1 aromatic carbocycles. The van der Waals surface area contributed by atoms with Crippen LogP contribution in [0.15, 0.2) is 47.1 Å². The summed E-state index contributed by atoms with van der Waals surface area (Å²) in [6, 6.07) is 4.62. The molecule has 1 aromatic rings. The number of fused-ring (bicyclic) bond motifs is 5. The minimum Gasteiger partial charge on any atom is -0.497 e. The molecule has 0 aromatic heterocycles. The van der Waals surface area contributed by atoms with Crippen molar-refractivity contribution in [2.45, 2.75) is 155 Å². The molecule has 4 N–H and O–H groups in total. The van der Waals surface area contributed by atoms with Crippen molar-refractivity contribution in [2.24, 2.45) is 16.7 Å². The number of methoxy groups -OCH3 is 1. The summed E-state index contributed by atoms with van der Waals surface area (Å²) in [7, 11) is 1.40. The van der Waals surface area contributed by atoms with Crippen LogP contribution in [0, 0.1) is 16.7 Å². The van der Waals surface area contributed by atoms with E-state index in [0.29, 0.717) is 11.3 Å². The monoisotopic (exact) mass is 871 g/mol. The lowest BCUT2D eigenvalue weighted by Crippen LogP contribution is -2.82. The number of ketones is 1. The predicted molar refractivity (Wildman–Crippen MR) is 218 cm³/mol. The summed E-state index contributed by atoms with van der Waals surface area (Å²) in [5, 5.41) is 39.8. The third-order valence-corrected chi connectivity index (χ3v) is 12.8.